The van der Waals surface area contributed by atoms with Crippen molar-refractivity contribution in [1.29, 1.82) is 0 Å². The summed E-state index contributed by atoms with van der Waals surface area (Å²) in [7, 11) is 3.50. The van der Waals surface area contributed by atoms with Crippen molar-refractivity contribution in [3.8, 4) is 28.3 Å². The zero-order chi connectivity index (χ0) is 31.2. The van der Waals surface area contributed by atoms with Crippen molar-refractivity contribution in [2.45, 2.75) is 45.4 Å². The van der Waals surface area contributed by atoms with E-state index in [0.29, 0.717) is 53.7 Å². The van der Waals surface area contributed by atoms with Gasteiger partial charge in [0.05, 0.1) is 30.2 Å². The molecule has 1 aliphatic rings. The molecule has 5 aromatic rings. The number of likely N-dealkylation sites (tertiary alicyclic amines) is 1. The Morgan fingerprint density at radius 3 is 2.66 bits per heavy atom. The van der Waals surface area contributed by atoms with Gasteiger partial charge >= 0.3 is 0 Å². The fraction of sp³-hybridized carbons (Fsp3) is 0.333. The number of aliphatic hydroxyl groups excluding tert-OH is 1. The summed E-state index contributed by atoms with van der Waals surface area (Å²) in [6.07, 6.45) is 3.72. The SMILES string of the molecule is COc1ccc(-c2c(C)nn3c(NCc4cccc(-c5nccn5C)c4)cc(C(C)(C)O)nc23)cc1C(=O)N1CCC(O)C1. The summed E-state index contributed by atoms with van der Waals surface area (Å²) in [4.78, 5) is 24.4. The molecule has 228 valence electrons. The second-order valence-electron chi connectivity index (χ2n) is 11.8. The minimum absolute atomic E-state index is 0.199. The number of β-amino-alcohol motifs (C(OH)–C–C–N with tert-alkyl or cyclic N) is 1. The van der Waals surface area contributed by atoms with Gasteiger partial charge in [-0.05, 0) is 56.5 Å². The van der Waals surface area contributed by atoms with E-state index in [-0.39, 0.29) is 12.5 Å². The van der Waals surface area contributed by atoms with Crippen LogP contribution in [0.1, 0.15) is 47.6 Å². The molecule has 1 aliphatic heterocycles. The number of benzene rings is 2. The number of rotatable bonds is 8. The molecule has 11 nitrogen and oxygen atoms in total. The van der Waals surface area contributed by atoms with Gasteiger partial charge < -0.3 is 29.7 Å². The zero-order valence-corrected chi connectivity index (χ0v) is 25.6. The molecular formula is C33H37N7O4. The maximum absolute atomic E-state index is 13.5. The third kappa shape index (κ3) is 5.51. The van der Waals surface area contributed by atoms with E-state index >= 15 is 0 Å². The molecule has 4 heterocycles. The van der Waals surface area contributed by atoms with Gasteiger partial charge in [0.2, 0.25) is 0 Å². The van der Waals surface area contributed by atoms with Gasteiger partial charge in [-0.2, -0.15) is 9.61 Å². The molecule has 1 amide bonds. The number of aryl methyl sites for hydroxylation is 2. The number of hydrogen-bond acceptors (Lipinski definition) is 8. The average Bonchev–Trinajstić information content (AvgIpc) is 3.72. The highest BCUT2D eigenvalue weighted by Gasteiger charge is 2.29. The number of ether oxygens (including phenoxy) is 1. The molecule has 44 heavy (non-hydrogen) atoms. The first-order chi connectivity index (χ1) is 21.0. The van der Waals surface area contributed by atoms with Crippen LogP contribution in [0.3, 0.4) is 0 Å². The molecule has 11 heteroatoms. The molecular weight excluding hydrogens is 558 g/mol. The van der Waals surface area contributed by atoms with E-state index in [4.69, 9.17) is 14.8 Å². The Bertz CT molecular complexity index is 1850. The Kier molecular flexibility index (Phi) is 7.60. The lowest BCUT2D eigenvalue weighted by Gasteiger charge is -2.19. The minimum atomic E-state index is -1.22. The number of hydrogen-bond donors (Lipinski definition) is 3. The molecule has 0 aliphatic carbocycles. The number of nitrogens with one attached hydrogen (secondary N) is 1. The van der Waals surface area contributed by atoms with Gasteiger partial charge in [0, 0.05) is 56.3 Å². The number of carbonyl (C=O) groups is 1. The van der Waals surface area contributed by atoms with Crippen molar-refractivity contribution in [2.24, 2.45) is 7.05 Å². The van der Waals surface area contributed by atoms with Crippen LogP contribution >= 0.6 is 0 Å². The number of imidazole rings is 1. The Morgan fingerprint density at radius 2 is 1.98 bits per heavy atom. The second kappa shape index (κ2) is 11.4. The first kappa shape index (κ1) is 29.3. The average molecular weight is 596 g/mol. The summed E-state index contributed by atoms with van der Waals surface area (Å²) >= 11 is 0. The number of nitrogens with zero attached hydrogens (tertiary/aromatic N) is 6. The van der Waals surface area contributed by atoms with Crippen molar-refractivity contribution in [1.82, 2.24) is 29.0 Å². The van der Waals surface area contributed by atoms with Crippen LogP contribution in [0, 0.1) is 6.92 Å². The number of fused-ring (bicyclic) bond motifs is 1. The highest BCUT2D eigenvalue weighted by Crippen LogP contribution is 2.35. The summed E-state index contributed by atoms with van der Waals surface area (Å²) in [5, 5.41) is 29.4. The zero-order valence-electron chi connectivity index (χ0n) is 25.6. The van der Waals surface area contributed by atoms with Crippen LogP contribution in [0.4, 0.5) is 5.82 Å². The number of aromatic nitrogens is 5. The lowest BCUT2D eigenvalue weighted by atomic mass is 10.0. The predicted octanol–water partition coefficient (Wildman–Crippen LogP) is 4.16. The lowest BCUT2D eigenvalue weighted by Crippen LogP contribution is -2.29. The number of amides is 1. The third-order valence-electron chi connectivity index (χ3n) is 8.04. The van der Waals surface area contributed by atoms with Gasteiger partial charge in [0.1, 0.15) is 23.0 Å². The Labute approximate surface area is 255 Å². The molecule has 1 saturated heterocycles. The topological polar surface area (TPSA) is 130 Å². The number of anilines is 1. The largest absolute Gasteiger partial charge is 0.496 e. The van der Waals surface area contributed by atoms with Crippen LogP contribution in [0.5, 0.6) is 5.75 Å². The fourth-order valence-electron chi connectivity index (χ4n) is 5.68. The number of aliphatic hydroxyl groups is 2. The Hall–Kier alpha value is -4.74. The van der Waals surface area contributed by atoms with Crippen LogP contribution in [-0.2, 0) is 19.2 Å². The normalized spacial score (nSPS) is 15.2. The Balaban J connectivity index is 1.40. The highest BCUT2D eigenvalue weighted by atomic mass is 16.5. The maximum atomic E-state index is 13.5. The van der Waals surface area contributed by atoms with Crippen LogP contribution in [0.2, 0.25) is 0 Å². The van der Waals surface area contributed by atoms with Gasteiger partial charge in [0.25, 0.3) is 5.91 Å². The minimum Gasteiger partial charge on any atom is -0.496 e. The van der Waals surface area contributed by atoms with E-state index in [9.17, 15) is 15.0 Å². The summed E-state index contributed by atoms with van der Waals surface area (Å²) in [6, 6.07) is 15.4. The molecule has 3 N–H and O–H groups in total. The summed E-state index contributed by atoms with van der Waals surface area (Å²) in [5.41, 5.74) is 4.48. The second-order valence-corrected chi connectivity index (χ2v) is 11.8. The monoisotopic (exact) mass is 595 g/mol. The first-order valence-corrected chi connectivity index (χ1v) is 14.6. The van der Waals surface area contributed by atoms with Crippen molar-refractivity contribution in [3.05, 3.63) is 83.4 Å². The van der Waals surface area contributed by atoms with Crippen LogP contribution in [0.25, 0.3) is 28.2 Å². The van der Waals surface area contributed by atoms with Crippen molar-refractivity contribution in [2.75, 3.05) is 25.5 Å². The van der Waals surface area contributed by atoms with Crippen molar-refractivity contribution >= 4 is 17.4 Å². The molecule has 6 rings (SSSR count). The molecule has 1 atom stereocenters. The van der Waals surface area contributed by atoms with E-state index in [1.165, 1.54) is 7.11 Å². The molecule has 0 bridgehead atoms. The summed E-state index contributed by atoms with van der Waals surface area (Å²) in [6.45, 7) is 6.57. The summed E-state index contributed by atoms with van der Waals surface area (Å²) < 4.78 is 9.27. The summed E-state index contributed by atoms with van der Waals surface area (Å²) in [5.74, 6) is 1.80. The third-order valence-corrected chi connectivity index (χ3v) is 8.04. The van der Waals surface area contributed by atoms with Crippen LogP contribution in [-0.4, -0.2) is 71.5 Å². The van der Waals surface area contributed by atoms with Crippen molar-refractivity contribution < 1.29 is 19.7 Å². The van der Waals surface area contributed by atoms with Gasteiger partial charge in [-0.25, -0.2) is 9.97 Å². The first-order valence-electron chi connectivity index (χ1n) is 14.6. The van der Waals surface area contributed by atoms with Crippen LogP contribution in [0.15, 0.2) is 60.9 Å². The molecule has 0 radical (unpaired) electrons. The van der Waals surface area contributed by atoms with E-state index in [2.05, 4.69) is 16.4 Å². The van der Waals surface area contributed by atoms with Crippen molar-refractivity contribution in [3.63, 3.8) is 0 Å². The smallest absolute Gasteiger partial charge is 0.257 e. The maximum Gasteiger partial charge on any atom is 0.257 e. The van der Waals surface area contributed by atoms with E-state index in [0.717, 1.165) is 28.1 Å². The van der Waals surface area contributed by atoms with E-state index < -0.39 is 11.7 Å². The van der Waals surface area contributed by atoms with Gasteiger partial charge in [0.15, 0.2) is 5.65 Å². The quantitative estimate of drug-likeness (QED) is 0.244. The van der Waals surface area contributed by atoms with Gasteiger partial charge in [-0.1, -0.05) is 24.3 Å². The molecule has 1 fully saturated rings. The molecule has 1 unspecified atom stereocenters. The number of methoxy groups -OCH3 is 1. The molecule has 2 aromatic carbocycles. The van der Waals surface area contributed by atoms with Gasteiger partial charge in [-0.15, -0.1) is 0 Å². The van der Waals surface area contributed by atoms with Crippen LogP contribution < -0.4 is 10.1 Å². The highest BCUT2D eigenvalue weighted by molar-refractivity contribution is 5.99. The number of carbonyl (C=O) groups excluding carboxylic acids is 1. The predicted molar refractivity (Wildman–Crippen MR) is 167 cm³/mol. The molecule has 3 aromatic heterocycles. The van der Waals surface area contributed by atoms with Gasteiger partial charge in [-0.3, -0.25) is 4.79 Å². The van der Waals surface area contributed by atoms with E-state index in [1.807, 2.05) is 55.1 Å². The van der Waals surface area contributed by atoms with E-state index in [1.54, 1.807) is 41.6 Å². The molecule has 0 saturated carbocycles. The Morgan fingerprint density at radius 1 is 1.16 bits per heavy atom. The molecule has 0 spiro atoms. The standard InChI is InChI=1S/C33H37N7O4/c1-20-29(22-9-10-26(44-5)25(16-22)32(42)39-13-11-24(41)19-39)31-36-27(33(2,3)43)17-28(40(31)37-20)35-18-21-7-6-8-23(15-21)30-34-12-14-38(30)4/h6-10,12,14-17,24,35,41,43H,11,13,18-19H2,1-5H3. The fourth-order valence-corrected chi connectivity index (χ4v) is 5.68. The lowest BCUT2D eigenvalue weighted by molar-refractivity contribution is 0.0739.